The molecule has 0 amide bonds. The van der Waals surface area contributed by atoms with Crippen LogP contribution in [-0.2, 0) is 16.4 Å². The molecule has 9 heteroatoms. The average molecular weight is 485 g/mol. The lowest BCUT2D eigenvalue weighted by atomic mass is 10.1. The van der Waals surface area contributed by atoms with Crippen LogP contribution in [0.2, 0.25) is 5.15 Å². The number of nitrogens with one attached hydrogen (secondary N) is 2. The van der Waals surface area contributed by atoms with E-state index in [0.29, 0.717) is 0 Å². The Morgan fingerprint density at radius 3 is 2.44 bits per heavy atom. The lowest BCUT2D eigenvalue weighted by Crippen LogP contribution is -2.13. The molecular formula is C23H21ClN4O2S2. The van der Waals surface area contributed by atoms with Crippen molar-refractivity contribution in [3.05, 3.63) is 89.3 Å². The Morgan fingerprint density at radius 1 is 1.03 bits per heavy atom. The topological polar surface area (TPSA) is 84.0 Å². The van der Waals surface area contributed by atoms with Crippen molar-refractivity contribution in [2.45, 2.75) is 18.2 Å². The van der Waals surface area contributed by atoms with Crippen LogP contribution in [0, 0.1) is 6.92 Å². The van der Waals surface area contributed by atoms with Gasteiger partial charge in [-0.05, 0) is 37.1 Å². The third kappa shape index (κ3) is 5.27. The molecule has 4 rings (SSSR count). The summed E-state index contributed by atoms with van der Waals surface area (Å²) in [6, 6.07) is 20.1. The number of nitrogens with zero attached hydrogens (tertiary/aromatic N) is 2. The van der Waals surface area contributed by atoms with E-state index in [-0.39, 0.29) is 15.7 Å². The molecule has 2 aromatic carbocycles. The predicted octanol–water partition coefficient (Wildman–Crippen LogP) is 5.62. The number of benzene rings is 2. The van der Waals surface area contributed by atoms with Crippen molar-refractivity contribution < 1.29 is 8.42 Å². The van der Waals surface area contributed by atoms with Gasteiger partial charge < -0.3 is 5.32 Å². The zero-order chi connectivity index (χ0) is 22.6. The second kappa shape index (κ2) is 9.68. The molecule has 2 heterocycles. The van der Waals surface area contributed by atoms with Crippen LogP contribution in [0.25, 0.3) is 10.4 Å². The summed E-state index contributed by atoms with van der Waals surface area (Å²) in [4.78, 5) is 9.84. The molecular weight excluding hydrogens is 464 g/mol. The van der Waals surface area contributed by atoms with Gasteiger partial charge in [-0.3, -0.25) is 4.72 Å². The van der Waals surface area contributed by atoms with Crippen molar-refractivity contribution in [2.75, 3.05) is 16.6 Å². The van der Waals surface area contributed by atoms with E-state index in [9.17, 15) is 8.42 Å². The molecule has 0 aliphatic rings. The third-order valence-corrected chi connectivity index (χ3v) is 7.58. The number of pyridine rings is 1. The summed E-state index contributed by atoms with van der Waals surface area (Å²) in [6.07, 6.45) is 2.51. The highest BCUT2D eigenvalue weighted by atomic mass is 35.5. The van der Waals surface area contributed by atoms with E-state index in [2.05, 4.69) is 32.1 Å². The van der Waals surface area contributed by atoms with Crippen LogP contribution in [0.5, 0.6) is 0 Å². The number of aryl methyl sites for hydroxylation is 1. The SMILES string of the molecule is Cc1nc(NCCc2ccccc2)sc1-c1cnc(Cl)c(NS(=O)(=O)c2ccccc2)c1. The second-order valence-electron chi connectivity index (χ2n) is 7.08. The standard InChI is InChI=1S/C23H21ClN4O2S2/c1-16-21(31-23(27-16)25-13-12-17-8-4-2-5-9-17)18-14-20(22(24)26-15-18)28-32(29,30)19-10-6-3-7-11-19/h2-11,14-15,28H,12-13H2,1H3,(H,25,27). The summed E-state index contributed by atoms with van der Waals surface area (Å²) in [5.74, 6) is 0. The van der Waals surface area contributed by atoms with Gasteiger partial charge in [0.05, 0.1) is 21.2 Å². The summed E-state index contributed by atoms with van der Waals surface area (Å²) in [6.45, 7) is 2.67. The fourth-order valence-corrected chi connectivity index (χ4v) is 5.40. The van der Waals surface area contributed by atoms with Crippen molar-refractivity contribution >= 4 is 43.8 Å². The molecule has 2 N–H and O–H groups in total. The monoisotopic (exact) mass is 484 g/mol. The Kier molecular flexibility index (Phi) is 6.74. The molecule has 2 aromatic heterocycles. The van der Waals surface area contributed by atoms with Gasteiger partial charge in [0.15, 0.2) is 10.3 Å². The van der Waals surface area contributed by atoms with E-state index in [1.807, 2.05) is 25.1 Å². The van der Waals surface area contributed by atoms with Crippen molar-refractivity contribution in [1.82, 2.24) is 9.97 Å². The van der Waals surface area contributed by atoms with Gasteiger partial charge in [-0.15, -0.1) is 0 Å². The number of hydrogen-bond donors (Lipinski definition) is 2. The zero-order valence-electron chi connectivity index (χ0n) is 17.2. The quantitative estimate of drug-likeness (QED) is 0.317. The summed E-state index contributed by atoms with van der Waals surface area (Å²) in [5, 5.41) is 4.24. The summed E-state index contributed by atoms with van der Waals surface area (Å²) in [7, 11) is -3.78. The van der Waals surface area contributed by atoms with Crippen LogP contribution >= 0.6 is 22.9 Å². The fraction of sp³-hybridized carbons (Fsp3) is 0.130. The number of thiazole rings is 1. The second-order valence-corrected chi connectivity index (χ2v) is 10.1. The molecule has 0 fully saturated rings. The molecule has 0 bridgehead atoms. The minimum Gasteiger partial charge on any atom is -0.361 e. The lowest BCUT2D eigenvalue weighted by Gasteiger charge is -2.10. The van der Waals surface area contributed by atoms with Gasteiger partial charge in [-0.2, -0.15) is 0 Å². The molecule has 0 saturated carbocycles. The van der Waals surface area contributed by atoms with E-state index in [0.717, 1.165) is 34.2 Å². The average Bonchev–Trinajstić information content (AvgIpc) is 3.17. The van der Waals surface area contributed by atoms with Crippen molar-refractivity contribution in [3.63, 3.8) is 0 Å². The Balaban J connectivity index is 1.52. The summed E-state index contributed by atoms with van der Waals surface area (Å²) < 4.78 is 27.9. The number of rotatable bonds is 8. The van der Waals surface area contributed by atoms with Gasteiger partial charge in [0.2, 0.25) is 0 Å². The van der Waals surface area contributed by atoms with E-state index in [4.69, 9.17) is 11.6 Å². The molecule has 0 aliphatic carbocycles. The van der Waals surface area contributed by atoms with E-state index < -0.39 is 10.0 Å². The smallest absolute Gasteiger partial charge is 0.261 e. The zero-order valence-corrected chi connectivity index (χ0v) is 19.6. The Labute approximate surface area is 196 Å². The van der Waals surface area contributed by atoms with Crippen LogP contribution in [0.15, 0.2) is 77.8 Å². The van der Waals surface area contributed by atoms with Crippen LogP contribution in [0.3, 0.4) is 0 Å². The summed E-state index contributed by atoms with van der Waals surface area (Å²) in [5.41, 5.74) is 3.05. The van der Waals surface area contributed by atoms with Crippen LogP contribution in [0.1, 0.15) is 11.3 Å². The molecule has 0 aliphatic heterocycles. The first-order valence-corrected chi connectivity index (χ1v) is 12.6. The van der Waals surface area contributed by atoms with Gasteiger partial charge >= 0.3 is 0 Å². The minimum absolute atomic E-state index is 0.0802. The highest BCUT2D eigenvalue weighted by Crippen LogP contribution is 2.35. The molecule has 4 aromatic rings. The third-order valence-electron chi connectivity index (χ3n) is 4.73. The minimum atomic E-state index is -3.78. The number of sulfonamides is 1. The fourth-order valence-electron chi connectivity index (χ4n) is 3.15. The first kappa shape index (κ1) is 22.3. The molecule has 164 valence electrons. The predicted molar refractivity (Wildman–Crippen MR) is 131 cm³/mol. The van der Waals surface area contributed by atoms with Crippen molar-refractivity contribution in [3.8, 4) is 10.4 Å². The van der Waals surface area contributed by atoms with Crippen LogP contribution in [-0.4, -0.2) is 24.9 Å². The molecule has 0 radical (unpaired) electrons. The molecule has 6 nitrogen and oxygen atoms in total. The van der Waals surface area contributed by atoms with Gasteiger partial charge in [0, 0.05) is 18.3 Å². The van der Waals surface area contributed by atoms with E-state index >= 15 is 0 Å². The number of anilines is 2. The molecule has 0 spiro atoms. The maximum Gasteiger partial charge on any atom is 0.261 e. The van der Waals surface area contributed by atoms with E-state index in [1.165, 1.54) is 29.0 Å². The van der Waals surface area contributed by atoms with E-state index in [1.54, 1.807) is 30.5 Å². The van der Waals surface area contributed by atoms with Gasteiger partial charge in [0.25, 0.3) is 10.0 Å². The Morgan fingerprint density at radius 2 is 1.72 bits per heavy atom. The number of aromatic nitrogens is 2. The van der Waals surface area contributed by atoms with Crippen molar-refractivity contribution in [1.29, 1.82) is 0 Å². The van der Waals surface area contributed by atoms with Crippen molar-refractivity contribution in [2.24, 2.45) is 0 Å². The highest BCUT2D eigenvalue weighted by molar-refractivity contribution is 7.92. The first-order chi connectivity index (χ1) is 15.4. The molecule has 0 atom stereocenters. The molecule has 32 heavy (non-hydrogen) atoms. The normalized spacial score (nSPS) is 11.3. The van der Waals surface area contributed by atoms with Gasteiger partial charge in [0.1, 0.15) is 0 Å². The number of hydrogen-bond acceptors (Lipinski definition) is 6. The Hall–Kier alpha value is -2.94. The highest BCUT2D eigenvalue weighted by Gasteiger charge is 2.18. The first-order valence-electron chi connectivity index (χ1n) is 9.91. The number of halogens is 1. The van der Waals surface area contributed by atoms with Crippen LogP contribution in [0.4, 0.5) is 10.8 Å². The summed E-state index contributed by atoms with van der Waals surface area (Å²) >= 11 is 7.68. The maximum absolute atomic E-state index is 12.7. The van der Waals surface area contributed by atoms with Gasteiger partial charge in [-0.1, -0.05) is 71.5 Å². The molecule has 0 unspecified atom stereocenters. The Bertz CT molecular complexity index is 1310. The van der Waals surface area contributed by atoms with Crippen LogP contribution < -0.4 is 10.0 Å². The maximum atomic E-state index is 12.7. The lowest BCUT2D eigenvalue weighted by molar-refractivity contribution is 0.601. The molecule has 0 saturated heterocycles. The largest absolute Gasteiger partial charge is 0.361 e. The van der Waals surface area contributed by atoms with Gasteiger partial charge in [-0.25, -0.2) is 18.4 Å².